The summed E-state index contributed by atoms with van der Waals surface area (Å²) in [5, 5.41) is 8.21. The van der Waals surface area contributed by atoms with E-state index in [-0.39, 0.29) is 5.91 Å². The molecule has 150 valence electrons. The molecule has 1 saturated carbocycles. The van der Waals surface area contributed by atoms with Crippen LogP contribution in [0.3, 0.4) is 0 Å². The monoisotopic (exact) mass is 410 g/mol. The first kappa shape index (κ1) is 19.5. The lowest BCUT2D eigenvalue weighted by Gasteiger charge is -2.13. The van der Waals surface area contributed by atoms with E-state index in [2.05, 4.69) is 15.0 Å². The lowest BCUT2D eigenvalue weighted by atomic mass is 10.2. The van der Waals surface area contributed by atoms with Crippen LogP contribution in [0.5, 0.6) is 5.75 Å². The summed E-state index contributed by atoms with van der Waals surface area (Å²) in [6.45, 7) is 0.314. The molecule has 2 heterocycles. The average Bonchev–Trinajstić information content (AvgIpc) is 3.42. The molecule has 0 atom stereocenters. The van der Waals surface area contributed by atoms with Gasteiger partial charge in [0.2, 0.25) is 0 Å². The van der Waals surface area contributed by atoms with Crippen LogP contribution < -0.4 is 10.1 Å². The topological polar surface area (TPSA) is 69.0 Å². The highest BCUT2D eigenvalue weighted by molar-refractivity contribution is 6.31. The maximum atomic E-state index is 12.7. The Kier molecular flexibility index (Phi) is 5.81. The zero-order valence-electron chi connectivity index (χ0n) is 16.3. The fourth-order valence-corrected chi connectivity index (χ4v) is 3.96. The molecule has 1 aliphatic rings. The van der Waals surface area contributed by atoms with Gasteiger partial charge in [-0.3, -0.25) is 14.5 Å². The minimum absolute atomic E-state index is 0.251. The van der Waals surface area contributed by atoms with E-state index < -0.39 is 0 Å². The van der Waals surface area contributed by atoms with Crippen LogP contribution in [0.25, 0.3) is 11.4 Å². The van der Waals surface area contributed by atoms with Crippen LogP contribution in [0.2, 0.25) is 5.02 Å². The van der Waals surface area contributed by atoms with E-state index >= 15 is 0 Å². The summed E-state index contributed by atoms with van der Waals surface area (Å²) in [6, 6.07) is 13.2. The van der Waals surface area contributed by atoms with Crippen molar-refractivity contribution in [2.24, 2.45) is 0 Å². The molecule has 1 fully saturated rings. The third kappa shape index (κ3) is 4.27. The van der Waals surface area contributed by atoms with E-state index in [0.29, 0.717) is 28.9 Å². The van der Waals surface area contributed by atoms with Gasteiger partial charge in [-0.2, -0.15) is 5.10 Å². The first-order valence-electron chi connectivity index (χ1n) is 9.77. The Morgan fingerprint density at radius 1 is 1.24 bits per heavy atom. The Morgan fingerprint density at radius 3 is 2.79 bits per heavy atom. The fourth-order valence-electron chi connectivity index (χ4n) is 3.79. The van der Waals surface area contributed by atoms with Gasteiger partial charge in [-0.25, -0.2) is 0 Å². The highest BCUT2D eigenvalue weighted by atomic mass is 35.5. The number of rotatable bonds is 6. The van der Waals surface area contributed by atoms with E-state index in [9.17, 15) is 4.79 Å². The predicted octanol–water partition coefficient (Wildman–Crippen LogP) is 4.65. The van der Waals surface area contributed by atoms with Crippen LogP contribution in [0.15, 0.2) is 48.7 Å². The SMILES string of the molecule is COc1ccc(Cl)cc1C(=O)NCc1cc(-c2ccccn2)n(C2CCCC2)n1. The van der Waals surface area contributed by atoms with Gasteiger partial charge >= 0.3 is 0 Å². The summed E-state index contributed by atoms with van der Waals surface area (Å²) in [4.78, 5) is 17.2. The normalized spacial score (nSPS) is 14.1. The van der Waals surface area contributed by atoms with Crippen molar-refractivity contribution in [2.45, 2.75) is 38.3 Å². The van der Waals surface area contributed by atoms with E-state index in [4.69, 9.17) is 21.4 Å². The molecule has 0 aliphatic heterocycles. The van der Waals surface area contributed by atoms with Crippen molar-refractivity contribution in [3.63, 3.8) is 0 Å². The van der Waals surface area contributed by atoms with Crippen molar-refractivity contribution in [3.05, 3.63) is 64.9 Å². The number of carbonyl (C=O) groups is 1. The Hall–Kier alpha value is -2.86. The molecule has 7 heteroatoms. The quantitative estimate of drug-likeness (QED) is 0.642. The maximum absolute atomic E-state index is 12.7. The Labute approximate surface area is 174 Å². The molecule has 0 spiro atoms. The van der Waals surface area contributed by atoms with E-state index in [0.717, 1.165) is 29.9 Å². The minimum atomic E-state index is -0.251. The van der Waals surface area contributed by atoms with Crippen molar-refractivity contribution in [2.75, 3.05) is 7.11 Å². The standard InChI is InChI=1S/C22H23ClN4O2/c1-29-21-10-9-15(23)12-18(21)22(28)25-14-16-13-20(19-8-4-5-11-24-19)27(26-16)17-6-2-3-7-17/h4-5,8-13,17H,2-3,6-7,14H2,1H3,(H,25,28). The molecule has 3 aromatic rings. The Bertz CT molecular complexity index is 997. The number of pyridine rings is 1. The number of methoxy groups -OCH3 is 1. The third-order valence-electron chi connectivity index (χ3n) is 5.22. The van der Waals surface area contributed by atoms with Crippen LogP contribution in [0.1, 0.15) is 47.8 Å². The number of amides is 1. The molecule has 0 saturated heterocycles. The largest absolute Gasteiger partial charge is 0.496 e. The van der Waals surface area contributed by atoms with Gasteiger partial charge in [-0.15, -0.1) is 0 Å². The summed E-state index contributed by atoms with van der Waals surface area (Å²) in [5.74, 6) is 0.233. The molecule has 0 bridgehead atoms. The summed E-state index contributed by atoms with van der Waals surface area (Å²) in [7, 11) is 1.53. The molecule has 6 nitrogen and oxygen atoms in total. The summed E-state index contributed by atoms with van der Waals surface area (Å²) in [6.07, 6.45) is 6.45. The number of carbonyl (C=O) groups excluding carboxylic acids is 1. The number of hydrogen-bond donors (Lipinski definition) is 1. The number of aromatic nitrogens is 3. The van der Waals surface area contributed by atoms with Crippen molar-refractivity contribution in [3.8, 4) is 17.1 Å². The van der Waals surface area contributed by atoms with Crippen LogP contribution >= 0.6 is 11.6 Å². The van der Waals surface area contributed by atoms with Crippen molar-refractivity contribution in [1.82, 2.24) is 20.1 Å². The highest BCUT2D eigenvalue weighted by Crippen LogP contribution is 2.33. The second kappa shape index (κ2) is 8.66. The smallest absolute Gasteiger partial charge is 0.255 e. The van der Waals surface area contributed by atoms with Crippen molar-refractivity contribution < 1.29 is 9.53 Å². The number of halogens is 1. The maximum Gasteiger partial charge on any atom is 0.255 e. The zero-order chi connectivity index (χ0) is 20.2. The van der Waals surface area contributed by atoms with Gasteiger partial charge in [0, 0.05) is 11.2 Å². The molecule has 1 amide bonds. The Balaban J connectivity index is 1.56. The molecule has 2 aromatic heterocycles. The van der Waals surface area contributed by atoms with Gasteiger partial charge in [0.15, 0.2) is 0 Å². The fraction of sp³-hybridized carbons (Fsp3) is 0.318. The van der Waals surface area contributed by atoms with Gasteiger partial charge in [-0.1, -0.05) is 30.5 Å². The van der Waals surface area contributed by atoms with Gasteiger partial charge in [0.25, 0.3) is 5.91 Å². The van der Waals surface area contributed by atoms with Crippen LogP contribution in [-0.2, 0) is 6.54 Å². The second-order valence-electron chi connectivity index (χ2n) is 7.15. The molecule has 29 heavy (non-hydrogen) atoms. The molecular weight excluding hydrogens is 388 g/mol. The number of nitrogens with one attached hydrogen (secondary N) is 1. The van der Waals surface area contributed by atoms with E-state index in [1.807, 2.05) is 24.3 Å². The summed E-state index contributed by atoms with van der Waals surface area (Å²) >= 11 is 6.04. The van der Waals surface area contributed by atoms with Crippen LogP contribution in [0, 0.1) is 0 Å². The molecule has 1 aromatic carbocycles. The number of benzene rings is 1. The van der Waals surface area contributed by atoms with Gasteiger partial charge in [0.1, 0.15) is 5.75 Å². The van der Waals surface area contributed by atoms with Gasteiger partial charge < -0.3 is 10.1 Å². The minimum Gasteiger partial charge on any atom is -0.496 e. The molecule has 0 radical (unpaired) electrons. The first-order valence-corrected chi connectivity index (χ1v) is 10.1. The second-order valence-corrected chi connectivity index (χ2v) is 7.58. The van der Waals surface area contributed by atoms with Crippen LogP contribution in [-0.4, -0.2) is 27.8 Å². The molecular formula is C22H23ClN4O2. The number of ether oxygens (including phenoxy) is 1. The van der Waals surface area contributed by atoms with E-state index in [1.54, 1.807) is 24.4 Å². The van der Waals surface area contributed by atoms with Gasteiger partial charge in [0.05, 0.1) is 42.3 Å². The summed E-state index contributed by atoms with van der Waals surface area (Å²) < 4.78 is 7.35. The molecule has 4 rings (SSSR count). The first-order chi connectivity index (χ1) is 14.2. The Morgan fingerprint density at radius 2 is 2.07 bits per heavy atom. The van der Waals surface area contributed by atoms with Crippen molar-refractivity contribution >= 4 is 17.5 Å². The van der Waals surface area contributed by atoms with Crippen molar-refractivity contribution in [1.29, 1.82) is 0 Å². The number of hydrogen-bond acceptors (Lipinski definition) is 4. The number of nitrogens with zero attached hydrogens (tertiary/aromatic N) is 3. The third-order valence-corrected chi connectivity index (χ3v) is 5.46. The summed E-state index contributed by atoms with van der Waals surface area (Å²) in [5.41, 5.74) is 3.08. The molecule has 1 aliphatic carbocycles. The lowest BCUT2D eigenvalue weighted by Crippen LogP contribution is -2.23. The zero-order valence-corrected chi connectivity index (χ0v) is 17.0. The highest BCUT2D eigenvalue weighted by Gasteiger charge is 2.23. The van der Waals surface area contributed by atoms with E-state index in [1.165, 1.54) is 20.0 Å². The average molecular weight is 411 g/mol. The lowest BCUT2D eigenvalue weighted by molar-refractivity contribution is 0.0947. The predicted molar refractivity (Wildman–Crippen MR) is 112 cm³/mol. The van der Waals surface area contributed by atoms with Gasteiger partial charge in [-0.05, 0) is 49.2 Å². The van der Waals surface area contributed by atoms with Crippen LogP contribution in [0.4, 0.5) is 0 Å². The molecule has 0 unspecified atom stereocenters. The molecule has 1 N–H and O–H groups in total.